The maximum absolute atomic E-state index is 13.5. The number of anilines is 2. The lowest BCUT2D eigenvalue weighted by Crippen LogP contribution is -2.48. The number of fused-ring (bicyclic) bond motifs is 4. The van der Waals surface area contributed by atoms with Crippen LogP contribution >= 0.6 is 11.3 Å². The molecule has 0 fully saturated rings. The lowest BCUT2D eigenvalue weighted by molar-refractivity contribution is -0.118. The number of rotatable bonds is 0. The number of nitrogens with zero attached hydrogens (tertiary/aromatic N) is 3. The molecule has 1 aromatic heterocycles. The van der Waals surface area contributed by atoms with Crippen molar-refractivity contribution in [3.05, 3.63) is 84.8 Å². The highest BCUT2D eigenvalue weighted by atomic mass is 32.1. The van der Waals surface area contributed by atoms with Crippen LogP contribution in [0.1, 0.15) is 11.1 Å². The fraction of sp³-hybridized carbons (Fsp3) is 0.0417. The van der Waals surface area contributed by atoms with Crippen LogP contribution in [0, 0.1) is 22.7 Å². The Morgan fingerprint density at radius 2 is 1.59 bits per heavy atom. The summed E-state index contributed by atoms with van der Waals surface area (Å²) in [6, 6.07) is 17.7. The first-order valence-electron chi connectivity index (χ1n) is 10.1. The molecule has 4 heterocycles. The Morgan fingerprint density at radius 1 is 0.912 bits per heavy atom. The molecule has 2 amide bonds. The van der Waals surface area contributed by atoms with Gasteiger partial charge in [-0.15, -0.1) is 11.3 Å². The second-order valence-corrected chi connectivity index (χ2v) is 8.86. The van der Waals surface area contributed by atoms with Crippen molar-refractivity contribution >= 4 is 51.5 Å². The zero-order valence-electron chi connectivity index (χ0n) is 17.2. The van der Waals surface area contributed by atoms with Crippen molar-refractivity contribution in [3.63, 3.8) is 0 Å². The smallest absolute Gasteiger partial charge is 0.275 e. The summed E-state index contributed by atoms with van der Waals surface area (Å²) in [4.78, 5) is 39.7. The lowest BCUT2D eigenvalue weighted by Gasteiger charge is -2.30. The van der Waals surface area contributed by atoms with Gasteiger partial charge in [0.1, 0.15) is 21.1 Å². The van der Waals surface area contributed by atoms with E-state index in [1.54, 1.807) is 48.5 Å². The fourth-order valence-corrected chi connectivity index (χ4v) is 6.13. The van der Waals surface area contributed by atoms with E-state index in [1.165, 1.54) is 0 Å². The minimum absolute atomic E-state index is 0.0641. The highest BCUT2D eigenvalue weighted by Gasteiger charge is 2.57. The number of nitrogens with two attached hydrogens (primary N) is 1. The molecule has 3 aliphatic heterocycles. The summed E-state index contributed by atoms with van der Waals surface area (Å²) in [5, 5.41) is 25.8. The highest BCUT2D eigenvalue weighted by Crippen LogP contribution is 2.49. The molecule has 2 aromatic carbocycles. The molecule has 1 spiro atoms. The van der Waals surface area contributed by atoms with Crippen molar-refractivity contribution in [2.45, 2.75) is 5.41 Å². The summed E-state index contributed by atoms with van der Waals surface area (Å²) >= 11 is 0.903. The van der Waals surface area contributed by atoms with Gasteiger partial charge in [0.25, 0.3) is 11.5 Å². The van der Waals surface area contributed by atoms with Crippen LogP contribution in [0.5, 0.6) is 0 Å². The molecule has 0 saturated heterocycles. The predicted octanol–water partition coefficient (Wildman–Crippen LogP) is 0.290. The van der Waals surface area contributed by atoms with Crippen molar-refractivity contribution in [3.8, 4) is 12.1 Å². The number of benzene rings is 2. The number of aromatic nitrogens is 1. The third-order valence-corrected chi connectivity index (χ3v) is 7.47. The third-order valence-electron chi connectivity index (χ3n) is 6.30. The number of thiazole rings is 1. The van der Waals surface area contributed by atoms with Gasteiger partial charge in [-0.3, -0.25) is 19.0 Å². The number of amides is 2. The van der Waals surface area contributed by atoms with Crippen LogP contribution in [0.3, 0.4) is 0 Å². The number of nitriles is 2. The van der Waals surface area contributed by atoms with Gasteiger partial charge in [0.2, 0.25) is 5.91 Å². The minimum Gasteiger partial charge on any atom is -0.384 e. The van der Waals surface area contributed by atoms with E-state index in [0.29, 0.717) is 22.5 Å². The number of para-hydroxylation sites is 2. The van der Waals surface area contributed by atoms with Gasteiger partial charge in [0.15, 0.2) is 5.41 Å². The molecule has 162 valence electrons. The van der Waals surface area contributed by atoms with Gasteiger partial charge in [-0.05, 0) is 12.1 Å². The Kier molecular flexibility index (Phi) is 3.80. The Morgan fingerprint density at radius 3 is 2.32 bits per heavy atom. The van der Waals surface area contributed by atoms with E-state index in [9.17, 15) is 24.9 Å². The second-order valence-electron chi connectivity index (χ2n) is 7.86. The number of carbonyl (C=O) groups excluding carboxylic acids is 2. The van der Waals surface area contributed by atoms with E-state index in [4.69, 9.17) is 5.73 Å². The quantitative estimate of drug-likeness (QED) is 0.435. The monoisotopic (exact) mass is 464 g/mol. The highest BCUT2D eigenvalue weighted by molar-refractivity contribution is 7.08. The van der Waals surface area contributed by atoms with Gasteiger partial charge in [0.05, 0.1) is 22.8 Å². The zero-order chi connectivity index (χ0) is 23.8. The number of nitrogens with one attached hydrogen (secondary N) is 2. The molecule has 10 heteroatoms. The van der Waals surface area contributed by atoms with Gasteiger partial charge in [-0.2, -0.15) is 10.5 Å². The van der Waals surface area contributed by atoms with E-state index in [0.717, 1.165) is 15.9 Å². The Balaban J connectivity index is 1.83. The fourth-order valence-electron chi connectivity index (χ4n) is 4.88. The molecule has 6 rings (SSSR count). The van der Waals surface area contributed by atoms with Crippen molar-refractivity contribution in [2.24, 2.45) is 5.73 Å². The summed E-state index contributed by atoms with van der Waals surface area (Å²) in [5.41, 5.74) is 5.72. The topological polar surface area (TPSA) is 154 Å². The van der Waals surface area contributed by atoms with Gasteiger partial charge in [-0.25, -0.2) is 0 Å². The van der Waals surface area contributed by atoms with Crippen LogP contribution in [0.2, 0.25) is 0 Å². The Hall–Kier alpha value is -4.93. The van der Waals surface area contributed by atoms with E-state index >= 15 is 0 Å². The molecular formula is C24H12N6O3S. The SMILES string of the molecule is N#CC1=C(N)n2c(s/c(=C3\C(=O)Nc4ccccc43)c2=O)=C(C#N)C12C(=O)Nc1ccccc12. The average Bonchev–Trinajstić information content (AvgIpc) is 3.44. The summed E-state index contributed by atoms with van der Waals surface area (Å²) in [6.45, 7) is 0. The van der Waals surface area contributed by atoms with Crippen LogP contribution in [0.4, 0.5) is 11.4 Å². The van der Waals surface area contributed by atoms with E-state index in [-0.39, 0.29) is 31.7 Å². The summed E-state index contributed by atoms with van der Waals surface area (Å²) in [6.07, 6.45) is 0. The minimum atomic E-state index is -1.79. The molecule has 34 heavy (non-hydrogen) atoms. The standard InChI is InChI=1S/C24H12N6O3S/c25-9-13-19(27)30-21(32)18(17-11-5-1-3-7-15(11)28-20(17)31)34-22(30)14(10-26)24(13)12-6-2-4-8-16(12)29-23(24)33/h1-8H,27H2,(H,28,31)(H,29,33)/b18-17-. The molecule has 1 unspecified atom stereocenters. The van der Waals surface area contributed by atoms with Crippen LogP contribution in [-0.2, 0) is 15.0 Å². The predicted molar refractivity (Wildman–Crippen MR) is 124 cm³/mol. The summed E-state index contributed by atoms with van der Waals surface area (Å²) in [5.74, 6) is -1.31. The van der Waals surface area contributed by atoms with Crippen LogP contribution in [0.25, 0.3) is 17.0 Å². The van der Waals surface area contributed by atoms with Gasteiger partial charge in [0, 0.05) is 22.5 Å². The van der Waals surface area contributed by atoms with Crippen LogP contribution in [0.15, 0.2) is 58.9 Å². The third kappa shape index (κ3) is 2.12. The average molecular weight is 464 g/mol. The summed E-state index contributed by atoms with van der Waals surface area (Å²) < 4.78 is 1.22. The maximum atomic E-state index is 13.5. The Bertz CT molecular complexity index is 1810. The van der Waals surface area contributed by atoms with Gasteiger partial charge < -0.3 is 16.4 Å². The van der Waals surface area contributed by atoms with Crippen molar-refractivity contribution in [2.75, 3.05) is 10.6 Å². The summed E-state index contributed by atoms with van der Waals surface area (Å²) in [7, 11) is 0. The lowest BCUT2D eigenvalue weighted by atomic mass is 9.69. The molecule has 4 N–H and O–H groups in total. The van der Waals surface area contributed by atoms with Gasteiger partial charge in [-0.1, -0.05) is 36.4 Å². The van der Waals surface area contributed by atoms with Crippen molar-refractivity contribution in [1.82, 2.24) is 4.57 Å². The van der Waals surface area contributed by atoms with Crippen LogP contribution < -0.4 is 31.1 Å². The number of carbonyl (C=O) groups is 2. The van der Waals surface area contributed by atoms with E-state index < -0.39 is 22.8 Å². The van der Waals surface area contributed by atoms with Gasteiger partial charge >= 0.3 is 0 Å². The maximum Gasteiger partial charge on any atom is 0.275 e. The molecule has 3 aromatic rings. The molecule has 0 radical (unpaired) electrons. The first-order valence-corrected chi connectivity index (χ1v) is 10.9. The molecule has 0 saturated carbocycles. The molecule has 0 aliphatic carbocycles. The van der Waals surface area contributed by atoms with Crippen molar-refractivity contribution in [1.29, 1.82) is 10.5 Å². The molecule has 3 aliphatic rings. The Labute approximate surface area is 195 Å². The molecule has 1 atom stereocenters. The first-order chi connectivity index (χ1) is 16.4. The molecule has 9 nitrogen and oxygen atoms in total. The zero-order valence-corrected chi connectivity index (χ0v) is 18.0. The second kappa shape index (κ2) is 6.54. The number of hydrogen-bond donors (Lipinski definition) is 3. The van der Waals surface area contributed by atoms with Crippen LogP contribution in [-0.4, -0.2) is 16.4 Å². The molecular weight excluding hydrogens is 452 g/mol. The van der Waals surface area contributed by atoms with E-state index in [1.807, 2.05) is 6.07 Å². The number of hydrogen-bond acceptors (Lipinski definition) is 7. The largest absolute Gasteiger partial charge is 0.384 e. The van der Waals surface area contributed by atoms with Crippen molar-refractivity contribution < 1.29 is 9.59 Å². The molecule has 0 bridgehead atoms. The van der Waals surface area contributed by atoms with E-state index in [2.05, 4.69) is 16.7 Å². The first kappa shape index (κ1) is 19.7. The normalized spacial score (nSPS) is 21.4.